The fourth-order valence-corrected chi connectivity index (χ4v) is 1.99. The van der Waals surface area contributed by atoms with Crippen molar-refractivity contribution in [3.05, 3.63) is 28.8 Å². The zero-order valence-electron chi connectivity index (χ0n) is 11.2. The Morgan fingerprint density at radius 3 is 2.60 bits per heavy atom. The van der Waals surface area contributed by atoms with Gasteiger partial charge in [-0.15, -0.1) is 0 Å². The number of hydrogen-bond acceptors (Lipinski definition) is 3. The minimum atomic E-state index is -0.952. The monoisotopic (exact) mass is 294 g/mol. The van der Waals surface area contributed by atoms with Gasteiger partial charge < -0.3 is 10.4 Å². The van der Waals surface area contributed by atoms with Crippen molar-refractivity contribution in [1.82, 2.24) is 0 Å². The van der Waals surface area contributed by atoms with Gasteiger partial charge in [0.25, 0.3) is 0 Å². The van der Waals surface area contributed by atoms with E-state index in [1.165, 1.54) is 6.07 Å². The Labute approximate surface area is 122 Å². The minimum Gasteiger partial charge on any atom is -0.481 e. The molecule has 0 atom stereocenters. The minimum absolute atomic E-state index is 0.0484. The number of nitrogens with one attached hydrogen (secondary N) is 1. The highest BCUT2D eigenvalue weighted by molar-refractivity contribution is 6.30. The molecule has 0 bridgehead atoms. The van der Waals surface area contributed by atoms with Crippen molar-refractivity contribution in [2.45, 2.75) is 26.7 Å². The Morgan fingerprint density at radius 2 is 2.05 bits per heavy atom. The lowest BCUT2D eigenvalue weighted by Gasteiger charge is -2.21. The van der Waals surface area contributed by atoms with E-state index in [-0.39, 0.29) is 24.3 Å². The fraction of sp³-hybridized carbons (Fsp3) is 0.357. The largest absolute Gasteiger partial charge is 0.481 e. The van der Waals surface area contributed by atoms with Crippen LogP contribution < -0.4 is 5.32 Å². The number of aliphatic carboxylic acids is 1. The van der Waals surface area contributed by atoms with Crippen LogP contribution in [0.15, 0.2) is 18.2 Å². The maximum atomic E-state index is 11.9. The maximum Gasteiger partial charge on any atom is 0.303 e. The van der Waals surface area contributed by atoms with Crippen molar-refractivity contribution in [1.29, 1.82) is 5.26 Å². The molecule has 0 heterocycles. The van der Waals surface area contributed by atoms with Crippen LogP contribution in [0.4, 0.5) is 5.69 Å². The molecule has 2 N–H and O–H groups in total. The van der Waals surface area contributed by atoms with Crippen LogP contribution in [0, 0.1) is 16.7 Å². The molecular weight excluding hydrogens is 280 g/mol. The molecule has 106 valence electrons. The Bertz CT molecular complexity index is 576. The highest BCUT2D eigenvalue weighted by Gasteiger charge is 2.25. The quantitative estimate of drug-likeness (QED) is 0.873. The van der Waals surface area contributed by atoms with Crippen molar-refractivity contribution < 1.29 is 14.7 Å². The summed E-state index contributed by atoms with van der Waals surface area (Å²) in [6.07, 6.45) is -0.0566. The van der Waals surface area contributed by atoms with Crippen molar-refractivity contribution in [3.63, 3.8) is 0 Å². The second kappa shape index (κ2) is 6.40. The summed E-state index contributed by atoms with van der Waals surface area (Å²) in [5.41, 5.74) is -0.0234. The predicted molar refractivity (Wildman–Crippen MR) is 75.4 cm³/mol. The zero-order valence-corrected chi connectivity index (χ0v) is 12.0. The zero-order chi connectivity index (χ0) is 15.3. The molecule has 0 saturated carbocycles. The number of benzene rings is 1. The lowest BCUT2D eigenvalue weighted by atomic mass is 9.85. The van der Waals surface area contributed by atoms with Crippen molar-refractivity contribution >= 4 is 29.2 Å². The van der Waals surface area contributed by atoms with Crippen LogP contribution in [-0.4, -0.2) is 17.0 Å². The number of carboxylic acids is 1. The molecule has 1 aromatic carbocycles. The van der Waals surface area contributed by atoms with Gasteiger partial charge >= 0.3 is 5.97 Å². The van der Waals surface area contributed by atoms with Gasteiger partial charge in [0.2, 0.25) is 5.91 Å². The summed E-state index contributed by atoms with van der Waals surface area (Å²) >= 11 is 5.77. The van der Waals surface area contributed by atoms with Crippen LogP contribution in [-0.2, 0) is 9.59 Å². The van der Waals surface area contributed by atoms with Gasteiger partial charge in [0.1, 0.15) is 6.07 Å². The summed E-state index contributed by atoms with van der Waals surface area (Å²) in [6, 6.07) is 6.52. The van der Waals surface area contributed by atoms with E-state index in [0.717, 1.165) is 0 Å². The van der Waals surface area contributed by atoms with Crippen molar-refractivity contribution in [2.75, 3.05) is 5.32 Å². The summed E-state index contributed by atoms with van der Waals surface area (Å²) in [4.78, 5) is 22.6. The number of carbonyl (C=O) groups excluding carboxylic acids is 1. The van der Waals surface area contributed by atoms with E-state index in [4.69, 9.17) is 22.0 Å². The third-order valence-electron chi connectivity index (χ3n) is 2.65. The highest BCUT2D eigenvalue weighted by atomic mass is 35.5. The molecule has 0 aliphatic heterocycles. The van der Waals surface area contributed by atoms with Crippen LogP contribution in [0.25, 0.3) is 0 Å². The number of carboxylic acid groups (broad SMARTS) is 1. The molecule has 1 amide bonds. The Kier molecular flexibility index (Phi) is 5.12. The number of hydrogen-bond donors (Lipinski definition) is 2. The highest BCUT2D eigenvalue weighted by Crippen LogP contribution is 2.26. The second-order valence-corrected chi connectivity index (χ2v) is 5.70. The van der Waals surface area contributed by atoms with Gasteiger partial charge in [0.15, 0.2) is 0 Å². The fourth-order valence-electron chi connectivity index (χ4n) is 1.82. The molecule has 0 aliphatic rings. The van der Waals surface area contributed by atoms with Gasteiger partial charge in [-0.25, -0.2) is 0 Å². The summed E-state index contributed by atoms with van der Waals surface area (Å²) in [6.45, 7) is 3.40. The van der Waals surface area contributed by atoms with E-state index < -0.39 is 11.4 Å². The average molecular weight is 295 g/mol. The molecule has 0 fully saturated rings. The van der Waals surface area contributed by atoms with E-state index in [9.17, 15) is 9.59 Å². The number of amides is 1. The number of rotatable bonds is 5. The second-order valence-electron chi connectivity index (χ2n) is 5.26. The van der Waals surface area contributed by atoms with Crippen molar-refractivity contribution in [3.8, 4) is 6.07 Å². The molecular formula is C14H15ClN2O3. The number of nitriles is 1. The first-order valence-electron chi connectivity index (χ1n) is 5.95. The topological polar surface area (TPSA) is 90.2 Å². The first-order valence-corrected chi connectivity index (χ1v) is 6.32. The molecule has 1 rings (SSSR count). The van der Waals surface area contributed by atoms with Gasteiger partial charge in [-0.2, -0.15) is 5.26 Å². The molecule has 1 aromatic rings. The molecule has 0 unspecified atom stereocenters. The lowest BCUT2D eigenvalue weighted by Crippen LogP contribution is -2.25. The number of nitrogens with zero attached hydrogens (tertiary/aromatic N) is 1. The molecule has 0 aromatic heterocycles. The van der Waals surface area contributed by atoms with Crippen LogP contribution in [0.3, 0.4) is 0 Å². The number of carbonyl (C=O) groups is 2. The van der Waals surface area contributed by atoms with E-state index in [1.807, 2.05) is 6.07 Å². The molecule has 0 radical (unpaired) electrons. The summed E-state index contributed by atoms with van der Waals surface area (Å²) in [5, 5.41) is 20.8. The van der Waals surface area contributed by atoms with E-state index in [0.29, 0.717) is 10.7 Å². The van der Waals surface area contributed by atoms with Crippen molar-refractivity contribution in [2.24, 2.45) is 5.41 Å². The van der Waals surface area contributed by atoms with Gasteiger partial charge in [0.05, 0.1) is 17.7 Å². The van der Waals surface area contributed by atoms with E-state index >= 15 is 0 Å². The van der Waals surface area contributed by atoms with Gasteiger partial charge in [-0.3, -0.25) is 9.59 Å². The number of halogens is 1. The first kappa shape index (κ1) is 16.0. The van der Waals surface area contributed by atoms with Gasteiger partial charge in [-0.1, -0.05) is 25.4 Å². The predicted octanol–water partition coefficient (Wildman–Crippen LogP) is 3.04. The van der Waals surface area contributed by atoms with Gasteiger partial charge in [0, 0.05) is 11.4 Å². The molecule has 0 aliphatic carbocycles. The summed E-state index contributed by atoms with van der Waals surface area (Å²) in [7, 11) is 0. The molecule has 0 saturated heterocycles. The summed E-state index contributed by atoms with van der Waals surface area (Å²) < 4.78 is 0. The Hall–Kier alpha value is -2.06. The Morgan fingerprint density at radius 1 is 1.40 bits per heavy atom. The molecule has 20 heavy (non-hydrogen) atoms. The summed E-state index contributed by atoms with van der Waals surface area (Å²) in [5.74, 6) is -1.29. The van der Waals surface area contributed by atoms with Crippen LogP contribution in [0.5, 0.6) is 0 Å². The smallest absolute Gasteiger partial charge is 0.303 e. The molecule has 0 spiro atoms. The normalized spacial score (nSPS) is 10.7. The average Bonchev–Trinajstić information content (AvgIpc) is 2.28. The van der Waals surface area contributed by atoms with Crippen LogP contribution in [0.1, 0.15) is 32.3 Å². The van der Waals surface area contributed by atoms with E-state index in [1.54, 1.807) is 26.0 Å². The molecule has 6 heteroatoms. The van der Waals surface area contributed by atoms with Gasteiger partial charge in [-0.05, 0) is 23.6 Å². The SMILES string of the molecule is CC(C)(CC(=O)O)CC(=O)Nc1ccc(Cl)cc1C#N. The molecule has 5 nitrogen and oxygen atoms in total. The lowest BCUT2D eigenvalue weighted by molar-refractivity contribution is -0.139. The van der Waals surface area contributed by atoms with E-state index in [2.05, 4.69) is 5.32 Å². The van der Waals surface area contributed by atoms with Crippen LogP contribution in [0.2, 0.25) is 5.02 Å². The standard InChI is InChI=1S/C14H15ClN2O3/c1-14(2,7-13(19)20)6-12(18)17-11-4-3-10(15)5-9(11)8-16/h3-5H,6-7H2,1-2H3,(H,17,18)(H,19,20). The first-order chi connectivity index (χ1) is 9.23. The third-order valence-corrected chi connectivity index (χ3v) is 2.88. The third kappa shape index (κ3) is 4.90. The maximum absolute atomic E-state index is 11.9. The number of anilines is 1. The van der Waals surface area contributed by atoms with Crippen LogP contribution >= 0.6 is 11.6 Å². The Balaban J connectivity index is 2.77.